The van der Waals surface area contributed by atoms with E-state index in [1.54, 1.807) is 13.0 Å². The summed E-state index contributed by atoms with van der Waals surface area (Å²) in [5.74, 6) is -0.577. The number of rotatable bonds is 6. The van der Waals surface area contributed by atoms with E-state index in [1.807, 2.05) is 20.8 Å². The molecule has 0 aromatic heterocycles. The van der Waals surface area contributed by atoms with Crippen LogP contribution in [0.5, 0.6) is 0 Å². The Hall–Kier alpha value is -0.830. The molecule has 0 amide bonds. The van der Waals surface area contributed by atoms with E-state index >= 15 is 0 Å². The Morgan fingerprint density at radius 3 is 2.43 bits per heavy atom. The summed E-state index contributed by atoms with van der Waals surface area (Å²) in [5, 5.41) is 8.71. The van der Waals surface area contributed by atoms with Crippen LogP contribution in [0.15, 0.2) is 11.6 Å². The summed E-state index contributed by atoms with van der Waals surface area (Å²) in [6, 6.07) is 0. The summed E-state index contributed by atoms with van der Waals surface area (Å²) >= 11 is 0. The number of carboxylic acid groups (broad SMARTS) is 1. The van der Waals surface area contributed by atoms with E-state index in [0.29, 0.717) is 18.1 Å². The first-order chi connectivity index (χ1) is 6.49. The van der Waals surface area contributed by atoms with Gasteiger partial charge in [0, 0.05) is 12.2 Å². The molecule has 1 atom stereocenters. The van der Waals surface area contributed by atoms with Crippen molar-refractivity contribution in [3.8, 4) is 0 Å². The van der Waals surface area contributed by atoms with Gasteiger partial charge in [0.25, 0.3) is 0 Å². The van der Waals surface area contributed by atoms with E-state index < -0.39 is 5.97 Å². The average molecular weight is 200 g/mol. The maximum Gasteiger partial charge on any atom is 0.331 e. The predicted octanol–water partition coefficient (Wildman–Crippen LogP) is 2.47. The highest BCUT2D eigenvalue weighted by Crippen LogP contribution is 2.11. The standard InChI is InChI=1S/C11H20O3/c1-5-6-14-10(8(2)3)7-9(4)11(12)13/h7-8,10H,5-6H2,1-4H3,(H,12,13). The SMILES string of the molecule is CCCOC(C=C(C)C(=O)O)C(C)C. The minimum absolute atomic E-state index is 0.0916. The highest BCUT2D eigenvalue weighted by Gasteiger charge is 2.12. The fourth-order valence-electron chi connectivity index (χ4n) is 1.00. The molecule has 0 bridgehead atoms. The molecule has 0 heterocycles. The van der Waals surface area contributed by atoms with E-state index in [0.717, 1.165) is 6.42 Å². The largest absolute Gasteiger partial charge is 0.478 e. The molecule has 0 radical (unpaired) electrons. The van der Waals surface area contributed by atoms with Crippen LogP contribution in [0.2, 0.25) is 0 Å². The van der Waals surface area contributed by atoms with Gasteiger partial charge >= 0.3 is 5.97 Å². The summed E-state index contributed by atoms with van der Waals surface area (Å²) in [7, 11) is 0. The summed E-state index contributed by atoms with van der Waals surface area (Å²) in [4.78, 5) is 10.6. The summed E-state index contributed by atoms with van der Waals surface area (Å²) in [6.07, 6.45) is 2.54. The van der Waals surface area contributed by atoms with Gasteiger partial charge in [-0.1, -0.05) is 20.8 Å². The zero-order valence-electron chi connectivity index (χ0n) is 9.41. The zero-order valence-corrected chi connectivity index (χ0v) is 9.41. The lowest BCUT2D eigenvalue weighted by Gasteiger charge is -2.18. The number of carbonyl (C=O) groups is 1. The molecule has 0 aromatic carbocycles. The molecule has 3 nitrogen and oxygen atoms in total. The Bertz CT molecular complexity index is 207. The molecule has 0 aliphatic heterocycles. The average Bonchev–Trinajstić information content (AvgIpc) is 2.10. The lowest BCUT2D eigenvalue weighted by atomic mass is 10.0. The molecule has 0 aliphatic carbocycles. The fourth-order valence-corrected chi connectivity index (χ4v) is 1.00. The second-order valence-corrected chi connectivity index (χ2v) is 3.73. The predicted molar refractivity (Wildman–Crippen MR) is 56.3 cm³/mol. The summed E-state index contributed by atoms with van der Waals surface area (Å²) < 4.78 is 5.53. The van der Waals surface area contributed by atoms with Crippen molar-refractivity contribution < 1.29 is 14.6 Å². The first-order valence-electron chi connectivity index (χ1n) is 5.02. The summed E-state index contributed by atoms with van der Waals surface area (Å²) in [6.45, 7) is 8.34. The van der Waals surface area contributed by atoms with Crippen molar-refractivity contribution in [2.75, 3.05) is 6.61 Å². The molecule has 0 rings (SSSR count). The number of carboxylic acids is 1. The highest BCUT2D eigenvalue weighted by molar-refractivity contribution is 5.85. The molecule has 82 valence electrons. The van der Waals surface area contributed by atoms with Gasteiger partial charge in [0.2, 0.25) is 0 Å². The van der Waals surface area contributed by atoms with Crippen LogP contribution < -0.4 is 0 Å². The van der Waals surface area contributed by atoms with Crippen LogP contribution in [0.4, 0.5) is 0 Å². The molecule has 1 unspecified atom stereocenters. The third kappa shape index (κ3) is 5.02. The topological polar surface area (TPSA) is 46.5 Å². The van der Waals surface area contributed by atoms with Crippen molar-refractivity contribution in [2.45, 2.75) is 40.2 Å². The fraction of sp³-hybridized carbons (Fsp3) is 0.727. The molecule has 0 saturated carbocycles. The first-order valence-corrected chi connectivity index (χ1v) is 5.02. The minimum atomic E-state index is -0.879. The van der Waals surface area contributed by atoms with E-state index in [2.05, 4.69) is 0 Å². The van der Waals surface area contributed by atoms with E-state index in [4.69, 9.17) is 9.84 Å². The van der Waals surface area contributed by atoms with Crippen molar-refractivity contribution in [1.29, 1.82) is 0 Å². The summed E-state index contributed by atoms with van der Waals surface area (Å²) in [5.41, 5.74) is 0.347. The number of hydrogen-bond acceptors (Lipinski definition) is 2. The highest BCUT2D eigenvalue weighted by atomic mass is 16.5. The van der Waals surface area contributed by atoms with Gasteiger partial charge in [0.05, 0.1) is 6.10 Å². The van der Waals surface area contributed by atoms with Crippen molar-refractivity contribution >= 4 is 5.97 Å². The lowest BCUT2D eigenvalue weighted by Crippen LogP contribution is -2.19. The molecule has 0 aromatic rings. The van der Waals surface area contributed by atoms with Gasteiger partial charge in [-0.15, -0.1) is 0 Å². The van der Waals surface area contributed by atoms with E-state index in [-0.39, 0.29) is 6.10 Å². The zero-order chi connectivity index (χ0) is 11.1. The third-order valence-corrected chi connectivity index (χ3v) is 1.92. The number of ether oxygens (including phenoxy) is 1. The van der Waals surface area contributed by atoms with Gasteiger partial charge in [-0.3, -0.25) is 0 Å². The molecule has 0 spiro atoms. The van der Waals surface area contributed by atoms with Crippen LogP contribution in [-0.2, 0) is 9.53 Å². The third-order valence-electron chi connectivity index (χ3n) is 1.92. The van der Waals surface area contributed by atoms with Gasteiger partial charge in [0.1, 0.15) is 0 Å². The van der Waals surface area contributed by atoms with Crippen LogP contribution >= 0.6 is 0 Å². The molecule has 14 heavy (non-hydrogen) atoms. The maximum atomic E-state index is 10.6. The molecule has 3 heteroatoms. The second kappa shape index (κ2) is 6.60. The minimum Gasteiger partial charge on any atom is -0.478 e. The molecule has 0 aliphatic rings. The lowest BCUT2D eigenvalue weighted by molar-refractivity contribution is -0.132. The quantitative estimate of drug-likeness (QED) is 0.670. The first kappa shape index (κ1) is 13.2. The number of aliphatic carboxylic acids is 1. The Kier molecular flexibility index (Phi) is 6.21. The van der Waals surface area contributed by atoms with Crippen molar-refractivity contribution in [1.82, 2.24) is 0 Å². The van der Waals surface area contributed by atoms with Crippen LogP contribution in [0.3, 0.4) is 0 Å². The Morgan fingerprint density at radius 1 is 1.50 bits per heavy atom. The smallest absolute Gasteiger partial charge is 0.331 e. The normalized spacial score (nSPS) is 14.5. The van der Waals surface area contributed by atoms with E-state index in [9.17, 15) is 4.79 Å². The molecule has 0 fully saturated rings. The van der Waals surface area contributed by atoms with Crippen LogP contribution in [0.25, 0.3) is 0 Å². The van der Waals surface area contributed by atoms with Crippen LogP contribution in [-0.4, -0.2) is 23.8 Å². The maximum absolute atomic E-state index is 10.6. The van der Waals surface area contributed by atoms with Crippen LogP contribution in [0.1, 0.15) is 34.1 Å². The van der Waals surface area contributed by atoms with Crippen molar-refractivity contribution in [2.24, 2.45) is 5.92 Å². The van der Waals surface area contributed by atoms with Gasteiger partial charge in [-0.05, 0) is 25.3 Å². The van der Waals surface area contributed by atoms with Gasteiger partial charge in [-0.25, -0.2) is 4.79 Å². The van der Waals surface area contributed by atoms with Crippen molar-refractivity contribution in [3.05, 3.63) is 11.6 Å². The van der Waals surface area contributed by atoms with Crippen LogP contribution in [0, 0.1) is 5.92 Å². The van der Waals surface area contributed by atoms with Gasteiger partial charge in [-0.2, -0.15) is 0 Å². The van der Waals surface area contributed by atoms with Gasteiger partial charge < -0.3 is 9.84 Å². The van der Waals surface area contributed by atoms with Gasteiger partial charge in [0.15, 0.2) is 0 Å². The molecule has 0 saturated heterocycles. The second-order valence-electron chi connectivity index (χ2n) is 3.73. The molecule has 1 N–H and O–H groups in total. The Balaban J connectivity index is 4.35. The number of hydrogen-bond donors (Lipinski definition) is 1. The van der Waals surface area contributed by atoms with Crippen molar-refractivity contribution in [3.63, 3.8) is 0 Å². The Morgan fingerprint density at radius 2 is 2.07 bits per heavy atom. The Labute approximate surface area is 85.8 Å². The monoisotopic (exact) mass is 200 g/mol. The van der Waals surface area contributed by atoms with E-state index in [1.165, 1.54) is 0 Å². The molecular weight excluding hydrogens is 180 g/mol. The molecular formula is C11H20O3.